The van der Waals surface area contributed by atoms with Gasteiger partial charge in [-0.05, 0) is 96.5 Å². The monoisotopic (exact) mass is 1750 g/mol. The SMILES string of the molecule is Cc1ccc(-c2[c-]ccc(-c3ccccc3)c2)nc1.Cc1ccc(-c2cc[c-]c(-c3ccccn3)c2)cc1.Cc1cccc(-c2[c-]ccc(-c3ccccc3)c2)n1.Cc1ccnc(-c2[c-]ccc(-c3ccccc3)c2)c1.[Ir].[Ir].[Ir].[Ir]. The molecule has 0 amide bonds. The maximum Gasteiger partial charge on any atom is 0.0266 e. The molecule has 12 aromatic rings. The van der Waals surface area contributed by atoms with E-state index in [0.717, 1.165) is 50.7 Å². The van der Waals surface area contributed by atoms with Crippen molar-refractivity contribution >= 4 is 0 Å². The average Bonchev–Trinajstić information content (AvgIpc) is 3.49. The number of rotatable bonds is 8. The Kier molecular flexibility index (Phi) is 26.2. The Morgan fingerprint density at radius 2 is 0.662 bits per heavy atom. The molecule has 0 spiro atoms. The Labute approximate surface area is 526 Å². The summed E-state index contributed by atoms with van der Waals surface area (Å²) in [5, 5.41) is 0. The van der Waals surface area contributed by atoms with Crippen LogP contribution in [0, 0.1) is 52.0 Å². The largest absolute Gasteiger partial charge is 0.305 e. The summed E-state index contributed by atoms with van der Waals surface area (Å²) in [7, 11) is 0. The molecule has 0 atom stereocenters. The first kappa shape index (κ1) is 63.8. The molecule has 0 unspecified atom stereocenters. The Bertz CT molecular complexity index is 3480. The summed E-state index contributed by atoms with van der Waals surface area (Å²) in [6, 6.07) is 97.5. The zero-order valence-electron chi connectivity index (χ0n) is 44.5. The Hall–Kier alpha value is -7.04. The van der Waals surface area contributed by atoms with Gasteiger partial charge in [0.05, 0.1) is 0 Å². The third-order valence-corrected chi connectivity index (χ3v) is 12.4. The Balaban J connectivity index is 0.000000193. The van der Waals surface area contributed by atoms with E-state index in [9.17, 15) is 0 Å². The van der Waals surface area contributed by atoms with Crippen molar-refractivity contribution in [2.75, 3.05) is 0 Å². The average molecular weight is 1750 g/mol. The van der Waals surface area contributed by atoms with Gasteiger partial charge >= 0.3 is 0 Å². The van der Waals surface area contributed by atoms with E-state index in [1.807, 2.05) is 123 Å². The topological polar surface area (TPSA) is 51.6 Å². The van der Waals surface area contributed by atoms with Crippen molar-refractivity contribution in [3.05, 3.63) is 314 Å². The summed E-state index contributed by atoms with van der Waals surface area (Å²) in [5.41, 5.74) is 22.3. The number of hydrogen-bond donors (Lipinski definition) is 0. The van der Waals surface area contributed by atoms with Gasteiger partial charge in [0.1, 0.15) is 0 Å². The second kappa shape index (κ2) is 32.9. The fourth-order valence-electron chi connectivity index (χ4n) is 8.34. The van der Waals surface area contributed by atoms with E-state index in [-0.39, 0.29) is 80.4 Å². The second-order valence-corrected chi connectivity index (χ2v) is 18.2. The molecule has 0 saturated carbocycles. The molecule has 0 N–H and O–H groups in total. The normalized spacial score (nSPS) is 9.85. The van der Waals surface area contributed by atoms with Gasteiger partial charge in [-0.25, -0.2) is 0 Å². The van der Waals surface area contributed by atoms with Crippen LogP contribution in [0.1, 0.15) is 22.4 Å². The van der Waals surface area contributed by atoms with Gasteiger partial charge in [-0.15, -0.1) is 142 Å². The molecule has 0 aliphatic heterocycles. The Morgan fingerprint density at radius 1 is 0.263 bits per heavy atom. The van der Waals surface area contributed by atoms with Crippen molar-refractivity contribution in [3.63, 3.8) is 0 Å². The van der Waals surface area contributed by atoms with Gasteiger partial charge in [0, 0.05) is 105 Å². The van der Waals surface area contributed by atoms with Crippen LogP contribution in [0.15, 0.2) is 267 Å². The molecular formula is C72H56Ir4N4-4. The molecule has 4 nitrogen and oxygen atoms in total. The van der Waals surface area contributed by atoms with Gasteiger partial charge in [0.2, 0.25) is 0 Å². The van der Waals surface area contributed by atoms with Gasteiger partial charge in [0.15, 0.2) is 0 Å². The molecule has 0 fully saturated rings. The summed E-state index contributed by atoms with van der Waals surface area (Å²) in [5.74, 6) is 0. The van der Waals surface area contributed by atoms with Crippen molar-refractivity contribution in [1.82, 2.24) is 19.9 Å². The first-order valence-corrected chi connectivity index (χ1v) is 25.3. The second-order valence-electron chi connectivity index (χ2n) is 18.2. The number of hydrogen-bond acceptors (Lipinski definition) is 4. The smallest absolute Gasteiger partial charge is 0.0266 e. The van der Waals surface area contributed by atoms with Crippen molar-refractivity contribution in [3.8, 4) is 89.5 Å². The molecule has 12 rings (SSSR count). The number of pyridine rings is 4. The maximum absolute atomic E-state index is 4.55. The van der Waals surface area contributed by atoms with Crippen LogP contribution in [-0.2, 0) is 80.4 Å². The minimum absolute atomic E-state index is 0. The van der Waals surface area contributed by atoms with Crippen LogP contribution in [0.5, 0.6) is 0 Å². The predicted octanol–water partition coefficient (Wildman–Crippen LogP) is 18.1. The standard InChI is InChI=1S/4C18H14N.4Ir/c1-14-8-10-15(11-9-14)16-5-4-6-17(13-16)18-7-2-3-12-19-18;1-14-7-5-12-18(19-14)17-11-6-10-16(13-17)15-8-3-2-4-9-15;1-14-10-11-18(19-13-14)17-9-5-8-16(12-17)15-6-3-2-4-7-15;1-14-10-11-19-18(12-14)17-9-5-8-16(13-17)15-6-3-2-4-7-15;;;;/h2-5,7-13H,1H3;2-10,12-13H,1H3;2*2-8,10-13H,1H3;;;;/q4*-1;;;;. The van der Waals surface area contributed by atoms with Gasteiger partial charge in [-0.1, -0.05) is 169 Å². The van der Waals surface area contributed by atoms with Crippen molar-refractivity contribution in [2.45, 2.75) is 27.7 Å². The molecule has 4 aromatic heterocycles. The van der Waals surface area contributed by atoms with Crippen LogP contribution < -0.4 is 0 Å². The van der Waals surface area contributed by atoms with Gasteiger partial charge in [-0.2, -0.15) is 0 Å². The number of aromatic nitrogens is 4. The van der Waals surface area contributed by atoms with E-state index < -0.39 is 0 Å². The molecule has 8 heteroatoms. The number of nitrogens with zero attached hydrogens (tertiary/aromatic N) is 4. The van der Waals surface area contributed by atoms with E-state index in [1.54, 1.807) is 0 Å². The molecule has 0 bridgehead atoms. The molecule has 4 heterocycles. The third kappa shape index (κ3) is 18.5. The molecule has 4 radical (unpaired) electrons. The van der Waals surface area contributed by atoms with E-state index >= 15 is 0 Å². The Morgan fingerprint density at radius 3 is 1.09 bits per heavy atom. The van der Waals surface area contributed by atoms with Crippen LogP contribution in [0.3, 0.4) is 0 Å². The molecule has 0 aliphatic rings. The molecule has 80 heavy (non-hydrogen) atoms. The summed E-state index contributed by atoms with van der Waals surface area (Å²) in [4.78, 5) is 17.8. The first-order valence-electron chi connectivity index (χ1n) is 25.3. The molecule has 0 aliphatic carbocycles. The quantitative estimate of drug-likeness (QED) is 0.142. The van der Waals surface area contributed by atoms with Crippen LogP contribution in [0.2, 0.25) is 0 Å². The zero-order chi connectivity index (χ0) is 52.3. The van der Waals surface area contributed by atoms with Crippen molar-refractivity contribution in [2.24, 2.45) is 0 Å². The van der Waals surface area contributed by atoms with Crippen LogP contribution in [-0.4, -0.2) is 19.9 Å². The number of benzene rings is 8. The minimum Gasteiger partial charge on any atom is -0.305 e. The molecule has 404 valence electrons. The van der Waals surface area contributed by atoms with Crippen LogP contribution in [0.25, 0.3) is 89.5 Å². The maximum atomic E-state index is 4.55. The summed E-state index contributed by atoms with van der Waals surface area (Å²) in [6.45, 7) is 8.22. The molecular weight excluding hydrogens is 1690 g/mol. The van der Waals surface area contributed by atoms with Crippen LogP contribution in [0.4, 0.5) is 0 Å². The zero-order valence-corrected chi connectivity index (χ0v) is 54.1. The molecule has 0 saturated heterocycles. The summed E-state index contributed by atoms with van der Waals surface area (Å²) >= 11 is 0. The number of aryl methyl sites for hydroxylation is 4. The van der Waals surface area contributed by atoms with E-state index in [4.69, 9.17) is 0 Å². The van der Waals surface area contributed by atoms with Gasteiger partial charge in [0.25, 0.3) is 0 Å². The van der Waals surface area contributed by atoms with E-state index in [1.165, 1.54) is 61.2 Å². The fraction of sp³-hybridized carbons (Fsp3) is 0.0556. The van der Waals surface area contributed by atoms with Crippen molar-refractivity contribution < 1.29 is 80.4 Å². The summed E-state index contributed by atoms with van der Waals surface area (Å²) < 4.78 is 0. The van der Waals surface area contributed by atoms with Crippen molar-refractivity contribution in [1.29, 1.82) is 0 Å². The van der Waals surface area contributed by atoms with E-state index in [0.29, 0.717) is 0 Å². The molecule has 8 aromatic carbocycles. The van der Waals surface area contributed by atoms with Crippen LogP contribution >= 0.6 is 0 Å². The third-order valence-electron chi connectivity index (χ3n) is 12.4. The van der Waals surface area contributed by atoms with Gasteiger partial charge in [-0.3, -0.25) is 0 Å². The predicted molar refractivity (Wildman–Crippen MR) is 315 cm³/mol. The van der Waals surface area contributed by atoms with Gasteiger partial charge < -0.3 is 19.9 Å². The first-order chi connectivity index (χ1) is 37.3. The minimum atomic E-state index is 0. The summed E-state index contributed by atoms with van der Waals surface area (Å²) in [6.07, 6.45) is 5.54. The fourth-order valence-corrected chi connectivity index (χ4v) is 8.34. The van der Waals surface area contributed by atoms with E-state index in [2.05, 4.69) is 216 Å².